The van der Waals surface area contributed by atoms with Crippen LogP contribution < -0.4 is 0 Å². The van der Waals surface area contributed by atoms with Gasteiger partial charge in [0.15, 0.2) is 0 Å². The summed E-state index contributed by atoms with van der Waals surface area (Å²) in [7, 11) is 0. The van der Waals surface area contributed by atoms with Crippen molar-refractivity contribution in [3.05, 3.63) is 47.0 Å². The van der Waals surface area contributed by atoms with Crippen molar-refractivity contribution < 1.29 is 13.9 Å². The zero-order valence-corrected chi connectivity index (χ0v) is 9.63. The predicted octanol–water partition coefficient (Wildman–Crippen LogP) is 3.37. The van der Waals surface area contributed by atoms with Crippen molar-refractivity contribution in [1.82, 2.24) is 0 Å². The standard InChI is InChI=1S/C14H16F2O/c15-12-5-6-14(16)11(9-12)7-10-3-1-2-4-13(17)8-10/h5-6,8-9,13,17H,1-4,7H2. The number of allylic oxidation sites excluding steroid dienone is 1. The molecule has 0 radical (unpaired) electrons. The second-order valence-corrected chi connectivity index (χ2v) is 4.55. The SMILES string of the molecule is OC1C=C(Cc2cc(F)ccc2F)CCCC1. The topological polar surface area (TPSA) is 20.2 Å². The lowest BCUT2D eigenvalue weighted by molar-refractivity contribution is 0.211. The highest BCUT2D eigenvalue weighted by molar-refractivity contribution is 5.25. The van der Waals surface area contributed by atoms with Crippen LogP contribution in [-0.2, 0) is 6.42 Å². The first-order valence-corrected chi connectivity index (χ1v) is 5.97. The van der Waals surface area contributed by atoms with E-state index < -0.39 is 11.9 Å². The van der Waals surface area contributed by atoms with Gasteiger partial charge in [0.05, 0.1) is 6.10 Å². The van der Waals surface area contributed by atoms with Gasteiger partial charge in [-0.25, -0.2) is 8.78 Å². The van der Waals surface area contributed by atoms with Gasteiger partial charge in [-0.2, -0.15) is 0 Å². The summed E-state index contributed by atoms with van der Waals surface area (Å²) in [4.78, 5) is 0. The van der Waals surface area contributed by atoms with E-state index in [0.29, 0.717) is 12.0 Å². The monoisotopic (exact) mass is 238 g/mol. The van der Waals surface area contributed by atoms with Gasteiger partial charge in [0.1, 0.15) is 11.6 Å². The predicted molar refractivity (Wildman–Crippen MR) is 62.6 cm³/mol. The molecule has 0 spiro atoms. The van der Waals surface area contributed by atoms with E-state index in [0.717, 1.165) is 43.4 Å². The van der Waals surface area contributed by atoms with Crippen LogP contribution in [0.2, 0.25) is 0 Å². The van der Waals surface area contributed by atoms with Gasteiger partial charge < -0.3 is 5.11 Å². The molecule has 2 rings (SSSR count). The molecule has 1 atom stereocenters. The average molecular weight is 238 g/mol. The first-order chi connectivity index (χ1) is 8.15. The molecule has 0 fully saturated rings. The van der Waals surface area contributed by atoms with Crippen molar-refractivity contribution in [2.45, 2.75) is 38.2 Å². The highest BCUT2D eigenvalue weighted by Crippen LogP contribution is 2.22. The van der Waals surface area contributed by atoms with E-state index in [1.54, 1.807) is 6.08 Å². The van der Waals surface area contributed by atoms with Gasteiger partial charge in [0, 0.05) is 0 Å². The Morgan fingerprint density at radius 2 is 2.06 bits per heavy atom. The molecular weight excluding hydrogens is 222 g/mol. The Kier molecular flexibility index (Phi) is 3.89. The zero-order valence-electron chi connectivity index (χ0n) is 9.63. The lowest BCUT2D eigenvalue weighted by atomic mass is 10.0. The highest BCUT2D eigenvalue weighted by Gasteiger charge is 2.12. The summed E-state index contributed by atoms with van der Waals surface area (Å²) < 4.78 is 26.5. The summed E-state index contributed by atoms with van der Waals surface area (Å²) in [5.74, 6) is -0.804. The van der Waals surface area contributed by atoms with E-state index in [1.807, 2.05) is 0 Å². The van der Waals surface area contributed by atoms with Gasteiger partial charge in [-0.05, 0) is 49.4 Å². The second kappa shape index (κ2) is 5.41. The van der Waals surface area contributed by atoms with Crippen LogP contribution in [0.15, 0.2) is 29.8 Å². The van der Waals surface area contributed by atoms with Gasteiger partial charge in [-0.3, -0.25) is 0 Å². The van der Waals surface area contributed by atoms with Crippen molar-refractivity contribution in [2.24, 2.45) is 0 Å². The zero-order chi connectivity index (χ0) is 12.3. The van der Waals surface area contributed by atoms with E-state index in [1.165, 1.54) is 6.07 Å². The molecule has 17 heavy (non-hydrogen) atoms. The molecule has 3 heteroatoms. The number of hydrogen-bond donors (Lipinski definition) is 1. The van der Waals surface area contributed by atoms with Crippen LogP contribution in [0.5, 0.6) is 0 Å². The highest BCUT2D eigenvalue weighted by atomic mass is 19.1. The van der Waals surface area contributed by atoms with Gasteiger partial charge in [-0.15, -0.1) is 0 Å². The van der Waals surface area contributed by atoms with Crippen LogP contribution in [0.25, 0.3) is 0 Å². The third-order valence-corrected chi connectivity index (χ3v) is 3.10. The van der Waals surface area contributed by atoms with Gasteiger partial charge in [0.2, 0.25) is 0 Å². The summed E-state index contributed by atoms with van der Waals surface area (Å²) in [6.07, 6.45) is 5.33. The molecule has 1 aliphatic carbocycles. The van der Waals surface area contributed by atoms with E-state index in [4.69, 9.17) is 0 Å². The van der Waals surface area contributed by atoms with Gasteiger partial charge >= 0.3 is 0 Å². The molecule has 1 aliphatic rings. The number of benzene rings is 1. The van der Waals surface area contributed by atoms with Crippen molar-refractivity contribution in [3.8, 4) is 0 Å². The summed E-state index contributed by atoms with van der Waals surface area (Å²) in [5, 5.41) is 9.62. The average Bonchev–Trinajstić information content (AvgIpc) is 2.48. The molecule has 0 amide bonds. The summed E-state index contributed by atoms with van der Waals surface area (Å²) in [6, 6.07) is 3.50. The molecule has 0 heterocycles. The Bertz CT molecular complexity index is 426. The molecule has 0 saturated heterocycles. The van der Waals surface area contributed by atoms with Crippen molar-refractivity contribution in [1.29, 1.82) is 0 Å². The Hall–Kier alpha value is -1.22. The third kappa shape index (κ3) is 3.37. The fraction of sp³-hybridized carbons (Fsp3) is 0.429. The fourth-order valence-electron chi connectivity index (χ4n) is 2.22. The molecule has 1 aromatic rings. The van der Waals surface area contributed by atoms with E-state index >= 15 is 0 Å². The first kappa shape index (κ1) is 12.2. The summed E-state index contributed by atoms with van der Waals surface area (Å²) >= 11 is 0. The van der Waals surface area contributed by atoms with E-state index in [9.17, 15) is 13.9 Å². The minimum absolute atomic E-state index is 0.366. The quantitative estimate of drug-likeness (QED) is 0.783. The maximum Gasteiger partial charge on any atom is 0.126 e. The molecule has 0 aromatic heterocycles. The van der Waals surface area contributed by atoms with E-state index in [-0.39, 0.29) is 5.82 Å². The van der Waals surface area contributed by atoms with Crippen LogP contribution in [-0.4, -0.2) is 11.2 Å². The molecular formula is C14H16F2O. The van der Waals surface area contributed by atoms with Gasteiger partial charge in [-0.1, -0.05) is 18.1 Å². The van der Waals surface area contributed by atoms with Crippen molar-refractivity contribution >= 4 is 0 Å². The van der Waals surface area contributed by atoms with Crippen molar-refractivity contribution in [2.75, 3.05) is 0 Å². The molecule has 0 bridgehead atoms. The van der Waals surface area contributed by atoms with Crippen LogP contribution in [0.1, 0.15) is 31.2 Å². The summed E-state index contributed by atoms with van der Waals surface area (Å²) in [6.45, 7) is 0. The second-order valence-electron chi connectivity index (χ2n) is 4.55. The molecule has 1 N–H and O–H groups in total. The first-order valence-electron chi connectivity index (χ1n) is 5.97. The normalized spacial score (nSPS) is 20.9. The molecule has 0 saturated carbocycles. The van der Waals surface area contributed by atoms with Crippen LogP contribution in [0.3, 0.4) is 0 Å². The van der Waals surface area contributed by atoms with Crippen LogP contribution in [0, 0.1) is 11.6 Å². The third-order valence-electron chi connectivity index (χ3n) is 3.10. The number of hydrogen-bond acceptors (Lipinski definition) is 1. The number of rotatable bonds is 2. The lowest BCUT2D eigenvalue weighted by Gasteiger charge is -2.07. The number of aliphatic hydroxyl groups excluding tert-OH is 1. The van der Waals surface area contributed by atoms with Crippen LogP contribution in [0.4, 0.5) is 8.78 Å². The Balaban J connectivity index is 2.16. The number of aliphatic hydroxyl groups is 1. The Morgan fingerprint density at radius 1 is 1.24 bits per heavy atom. The lowest BCUT2D eigenvalue weighted by Crippen LogP contribution is -2.02. The van der Waals surface area contributed by atoms with Crippen molar-refractivity contribution in [3.63, 3.8) is 0 Å². The van der Waals surface area contributed by atoms with Crippen LogP contribution >= 0.6 is 0 Å². The molecule has 1 unspecified atom stereocenters. The molecule has 1 nitrogen and oxygen atoms in total. The van der Waals surface area contributed by atoms with Gasteiger partial charge in [0.25, 0.3) is 0 Å². The molecule has 1 aromatic carbocycles. The van der Waals surface area contributed by atoms with E-state index in [2.05, 4.69) is 0 Å². The smallest absolute Gasteiger partial charge is 0.126 e. The maximum atomic E-state index is 13.5. The minimum atomic E-state index is -0.441. The molecule has 92 valence electrons. The number of halogens is 2. The fourth-order valence-corrected chi connectivity index (χ4v) is 2.22. The largest absolute Gasteiger partial charge is 0.389 e. The Labute approximate surface area is 99.8 Å². The summed E-state index contributed by atoms with van der Waals surface area (Å²) in [5.41, 5.74) is 1.37. The minimum Gasteiger partial charge on any atom is -0.389 e. The molecule has 0 aliphatic heterocycles. The maximum absolute atomic E-state index is 13.5. The Morgan fingerprint density at radius 3 is 2.88 bits per heavy atom.